The number of halogens is 4. The Morgan fingerprint density at radius 2 is 1.82 bits per heavy atom. The molecule has 11 heteroatoms. The molecule has 0 unspecified atom stereocenters. The lowest BCUT2D eigenvalue weighted by molar-refractivity contribution is 0.0526. The lowest BCUT2D eigenvalue weighted by Gasteiger charge is -2.38. The first-order valence-electron chi connectivity index (χ1n) is 13.9. The molecule has 5 rings (SSSR count). The van der Waals surface area contributed by atoms with Gasteiger partial charge in [0.15, 0.2) is 0 Å². The Hall–Kier alpha value is -4.13. The van der Waals surface area contributed by atoms with Crippen LogP contribution < -0.4 is 5.69 Å². The van der Waals surface area contributed by atoms with Gasteiger partial charge in [0.1, 0.15) is 17.0 Å². The average molecular weight is 641 g/mol. The Balaban J connectivity index is 1.91. The van der Waals surface area contributed by atoms with Gasteiger partial charge in [-0.15, -0.1) is 0 Å². The number of aromatic nitrogens is 2. The molecule has 1 aliphatic heterocycles. The van der Waals surface area contributed by atoms with Crippen LogP contribution in [0.25, 0.3) is 5.69 Å². The highest BCUT2D eigenvalue weighted by Gasteiger charge is 2.61. The molecule has 228 valence electrons. The molecule has 4 aromatic rings. The fourth-order valence-corrected chi connectivity index (χ4v) is 6.59. The molecule has 44 heavy (non-hydrogen) atoms. The van der Waals surface area contributed by atoms with Gasteiger partial charge in [0.25, 0.3) is 0 Å². The number of aromatic hydroxyl groups is 1. The summed E-state index contributed by atoms with van der Waals surface area (Å²) in [6.45, 7) is 7.47. The Bertz CT molecular complexity index is 1890. The number of nitriles is 1. The molecule has 1 aliphatic rings. The number of esters is 1. The number of hydrogen-bond acceptors (Lipinski definition) is 5. The standard InChI is InChI=1S/C33H29Cl2F2N3O4/c1-5-44-30(42)18-8-6-9-20(14-18)39-29(41)28-26(21-10-7-11-23(35)27(21)37)33(17-38,22-13-12-19(34)15-24(22)36)25(16-32(2,3)4)40(28)31(39)43/h6-15,25-26,41H,5,16H2,1-4H3/t25-,26-,33-/m0/s1. The molecule has 0 saturated heterocycles. The number of benzene rings is 3. The minimum absolute atomic E-state index is 0.0847. The fraction of sp³-hybridized carbons (Fsp3) is 0.303. The van der Waals surface area contributed by atoms with E-state index < -0.39 is 52.0 Å². The van der Waals surface area contributed by atoms with E-state index in [1.54, 1.807) is 6.92 Å². The van der Waals surface area contributed by atoms with Crippen molar-refractivity contribution in [3.63, 3.8) is 0 Å². The summed E-state index contributed by atoms with van der Waals surface area (Å²) in [6.07, 6.45) is 0.153. The van der Waals surface area contributed by atoms with E-state index in [1.807, 2.05) is 20.8 Å². The van der Waals surface area contributed by atoms with Crippen LogP contribution >= 0.6 is 23.2 Å². The molecule has 0 radical (unpaired) electrons. The number of carbonyl (C=O) groups is 1. The minimum Gasteiger partial charge on any atom is -0.493 e. The Morgan fingerprint density at radius 3 is 2.45 bits per heavy atom. The summed E-state index contributed by atoms with van der Waals surface area (Å²) in [7, 11) is 0. The molecule has 0 amide bonds. The van der Waals surface area contributed by atoms with Crippen molar-refractivity contribution in [1.82, 2.24) is 9.13 Å². The molecule has 0 saturated carbocycles. The van der Waals surface area contributed by atoms with Gasteiger partial charge in [-0.25, -0.2) is 22.9 Å². The summed E-state index contributed by atoms with van der Waals surface area (Å²) in [6, 6.07) is 15.2. The maximum Gasteiger partial charge on any atom is 0.338 e. The maximum atomic E-state index is 16.0. The number of carbonyl (C=O) groups excluding carboxylic acids is 1. The first kappa shape index (κ1) is 31.3. The van der Waals surface area contributed by atoms with Gasteiger partial charge in [0.2, 0.25) is 5.88 Å². The van der Waals surface area contributed by atoms with E-state index in [0.717, 1.165) is 10.6 Å². The average Bonchev–Trinajstić information content (AvgIpc) is 3.38. The van der Waals surface area contributed by atoms with Gasteiger partial charge in [-0.05, 0) is 55.2 Å². The topological polar surface area (TPSA) is 97.2 Å². The number of fused-ring (bicyclic) bond motifs is 1. The summed E-state index contributed by atoms with van der Waals surface area (Å²) in [5.74, 6) is -4.31. The zero-order valence-corrected chi connectivity index (χ0v) is 25.9. The van der Waals surface area contributed by atoms with Crippen molar-refractivity contribution in [2.24, 2.45) is 5.41 Å². The lowest BCUT2D eigenvalue weighted by Crippen LogP contribution is -2.41. The SMILES string of the molecule is CCOC(=O)c1cccc(-n2c(O)c3n(c2=O)[C@@H](CC(C)(C)C)[C@](C#N)(c2ccc(Cl)cc2F)[C@H]3c2cccc(Cl)c2F)c1. The van der Waals surface area contributed by atoms with Crippen LogP contribution in [0.3, 0.4) is 0 Å². The van der Waals surface area contributed by atoms with Crippen LogP contribution in [0.2, 0.25) is 10.0 Å². The zero-order valence-electron chi connectivity index (χ0n) is 24.4. The summed E-state index contributed by atoms with van der Waals surface area (Å²) in [5, 5.41) is 22.8. The molecule has 0 fully saturated rings. The number of imidazole rings is 1. The van der Waals surface area contributed by atoms with Crippen LogP contribution in [0.15, 0.2) is 65.5 Å². The molecule has 0 bridgehead atoms. The van der Waals surface area contributed by atoms with Crippen molar-refractivity contribution < 1.29 is 23.4 Å². The lowest BCUT2D eigenvalue weighted by atomic mass is 9.63. The number of hydrogen-bond donors (Lipinski definition) is 1. The van der Waals surface area contributed by atoms with E-state index >= 15 is 8.78 Å². The Labute approximate surface area is 262 Å². The number of nitrogens with zero attached hydrogens (tertiary/aromatic N) is 3. The third-order valence-corrected chi connectivity index (χ3v) is 8.47. The molecule has 7 nitrogen and oxygen atoms in total. The monoisotopic (exact) mass is 639 g/mol. The Kier molecular flexibility index (Phi) is 8.12. The minimum atomic E-state index is -1.93. The van der Waals surface area contributed by atoms with Gasteiger partial charge in [-0.1, -0.05) is 68.2 Å². The van der Waals surface area contributed by atoms with Crippen LogP contribution in [0.5, 0.6) is 5.88 Å². The quantitative estimate of drug-likeness (QED) is 0.218. The molecule has 1 aromatic heterocycles. The van der Waals surface area contributed by atoms with Crippen LogP contribution in [0.1, 0.15) is 73.3 Å². The molecule has 3 aromatic carbocycles. The Morgan fingerprint density at radius 1 is 1.11 bits per heavy atom. The van der Waals surface area contributed by atoms with Crippen LogP contribution in [0.4, 0.5) is 8.78 Å². The van der Waals surface area contributed by atoms with Gasteiger partial charge >= 0.3 is 11.7 Å². The van der Waals surface area contributed by atoms with E-state index in [0.29, 0.717) is 0 Å². The second-order valence-electron chi connectivity index (χ2n) is 11.9. The third kappa shape index (κ3) is 4.96. The van der Waals surface area contributed by atoms with Crippen LogP contribution in [-0.2, 0) is 10.2 Å². The normalized spacial score (nSPS) is 19.4. The van der Waals surface area contributed by atoms with E-state index in [9.17, 15) is 20.0 Å². The second kappa shape index (κ2) is 11.4. The van der Waals surface area contributed by atoms with Crippen molar-refractivity contribution in [2.45, 2.75) is 51.5 Å². The molecule has 2 heterocycles. The van der Waals surface area contributed by atoms with Crippen molar-refractivity contribution >= 4 is 29.2 Å². The fourth-order valence-electron chi connectivity index (χ4n) is 6.25. The maximum absolute atomic E-state index is 16.0. The molecular formula is C33H29Cl2F2N3O4. The first-order valence-corrected chi connectivity index (χ1v) is 14.7. The summed E-state index contributed by atoms with van der Waals surface area (Å²) < 4.78 is 39.2. The number of rotatable bonds is 6. The summed E-state index contributed by atoms with van der Waals surface area (Å²) in [5.41, 5.74) is -3.25. The molecule has 0 aliphatic carbocycles. The smallest absolute Gasteiger partial charge is 0.338 e. The van der Waals surface area contributed by atoms with E-state index in [-0.39, 0.29) is 51.1 Å². The third-order valence-electron chi connectivity index (χ3n) is 7.94. The largest absolute Gasteiger partial charge is 0.493 e. The van der Waals surface area contributed by atoms with Crippen molar-refractivity contribution in [3.05, 3.63) is 115 Å². The van der Waals surface area contributed by atoms with Gasteiger partial charge in [0.05, 0.1) is 46.6 Å². The molecular weight excluding hydrogens is 611 g/mol. The van der Waals surface area contributed by atoms with Crippen LogP contribution in [0, 0.1) is 28.4 Å². The zero-order chi connectivity index (χ0) is 32.1. The highest BCUT2D eigenvalue weighted by molar-refractivity contribution is 6.31. The van der Waals surface area contributed by atoms with Gasteiger partial charge in [-0.3, -0.25) is 4.57 Å². The predicted molar refractivity (Wildman–Crippen MR) is 163 cm³/mol. The van der Waals surface area contributed by atoms with E-state index in [2.05, 4.69) is 6.07 Å². The van der Waals surface area contributed by atoms with Crippen LogP contribution in [-0.4, -0.2) is 26.8 Å². The van der Waals surface area contributed by atoms with Gasteiger partial charge in [0, 0.05) is 16.1 Å². The summed E-state index contributed by atoms with van der Waals surface area (Å²) in [4.78, 5) is 26.9. The second-order valence-corrected chi connectivity index (χ2v) is 12.8. The highest BCUT2D eigenvalue weighted by atomic mass is 35.5. The first-order chi connectivity index (χ1) is 20.8. The molecule has 1 N–H and O–H groups in total. The van der Waals surface area contributed by atoms with E-state index in [4.69, 9.17) is 27.9 Å². The van der Waals surface area contributed by atoms with Crippen molar-refractivity contribution in [3.8, 4) is 17.6 Å². The predicted octanol–water partition coefficient (Wildman–Crippen LogP) is 7.69. The van der Waals surface area contributed by atoms with Crippen molar-refractivity contribution in [1.29, 1.82) is 5.26 Å². The summed E-state index contributed by atoms with van der Waals surface area (Å²) >= 11 is 12.3. The van der Waals surface area contributed by atoms with Crippen molar-refractivity contribution in [2.75, 3.05) is 6.61 Å². The number of ether oxygens (including phenoxy) is 1. The molecule has 3 atom stereocenters. The van der Waals surface area contributed by atoms with E-state index in [1.165, 1.54) is 59.2 Å². The molecule has 0 spiro atoms. The van der Waals surface area contributed by atoms with Gasteiger partial charge < -0.3 is 9.84 Å². The highest BCUT2D eigenvalue weighted by Crippen LogP contribution is 2.60. The van der Waals surface area contributed by atoms with Gasteiger partial charge in [-0.2, -0.15) is 5.26 Å².